The summed E-state index contributed by atoms with van der Waals surface area (Å²) in [4.78, 5) is 11.5. The number of hydrogen-bond acceptors (Lipinski definition) is 8. The molecule has 0 saturated carbocycles. The minimum Gasteiger partial charge on any atom is -0.467 e. The van der Waals surface area contributed by atoms with Gasteiger partial charge in [-0.15, -0.1) is 4.98 Å². The van der Waals surface area contributed by atoms with Crippen molar-refractivity contribution in [2.75, 3.05) is 32.9 Å². The lowest BCUT2D eigenvalue weighted by atomic mass is 10.8. The summed E-state index contributed by atoms with van der Waals surface area (Å²) in [6.45, 7) is 0.785. The normalized spacial score (nSPS) is 9.80. The van der Waals surface area contributed by atoms with E-state index in [1.54, 1.807) is 7.11 Å². The van der Waals surface area contributed by atoms with Gasteiger partial charge in [-0.25, -0.2) is 5.84 Å². The van der Waals surface area contributed by atoms with Gasteiger partial charge in [-0.3, -0.25) is 5.43 Å². The highest BCUT2D eigenvalue weighted by atomic mass is 16.5. The number of nitrogen functional groups attached to an aromatic ring is 1. The SMILES string of the molecule is COCCOc1nc(NN)nc(OC)n1. The first-order chi connectivity index (χ1) is 7.30. The van der Waals surface area contributed by atoms with Crippen LogP contribution in [0.25, 0.3) is 0 Å². The molecule has 1 heterocycles. The third-order valence-corrected chi connectivity index (χ3v) is 1.42. The van der Waals surface area contributed by atoms with Crippen LogP contribution in [0.1, 0.15) is 0 Å². The number of hydrogen-bond donors (Lipinski definition) is 2. The quantitative estimate of drug-likeness (QED) is 0.360. The lowest BCUT2D eigenvalue weighted by Crippen LogP contribution is -2.14. The molecule has 0 atom stereocenters. The highest BCUT2D eigenvalue weighted by molar-refractivity contribution is 5.25. The Bertz CT molecular complexity index is 286. The number of aromatic nitrogens is 3. The zero-order valence-corrected chi connectivity index (χ0v) is 8.56. The molecule has 0 saturated heterocycles. The van der Waals surface area contributed by atoms with Crippen LogP contribution in [0.4, 0.5) is 5.95 Å². The van der Waals surface area contributed by atoms with Gasteiger partial charge < -0.3 is 14.2 Å². The zero-order valence-electron chi connectivity index (χ0n) is 8.56. The van der Waals surface area contributed by atoms with E-state index >= 15 is 0 Å². The first-order valence-corrected chi connectivity index (χ1v) is 4.18. The van der Waals surface area contributed by atoms with Crippen molar-refractivity contribution in [2.24, 2.45) is 5.84 Å². The Labute approximate surface area is 86.8 Å². The molecule has 1 rings (SSSR count). The summed E-state index contributed by atoms with van der Waals surface area (Å²) in [7, 11) is 3.01. The highest BCUT2D eigenvalue weighted by Crippen LogP contribution is 2.11. The van der Waals surface area contributed by atoms with Crippen LogP contribution >= 0.6 is 0 Å². The van der Waals surface area contributed by atoms with Crippen molar-refractivity contribution < 1.29 is 14.2 Å². The molecule has 3 N–H and O–H groups in total. The Kier molecular flexibility index (Phi) is 4.51. The monoisotopic (exact) mass is 215 g/mol. The molecule has 1 aromatic rings. The average molecular weight is 215 g/mol. The molecule has 1 aromatic heterocycles. The predicted molar refractivity (Wildman–Crippen MR) is 51.6 cm³/mol. The summed E-state index contributed by atoms with van der Waals surface area (Å²) in [6, 6.07) is 0.261. The van der Waals surface area contributed by atoms with Gasteiger partial charge in [-0.1, -0.05) is 0 Å². The fraction of sp³-hybridized carbons (Fsp3) is 0.571. The van der Waals surface area contributed by atoms with Crippen LogP contribution in [-0.4, -0.2) is 42.4 Å². The Morgan fingerprint density at radius 2 is 1.87 bits per heavy atom. The van der Waals surface area contributed by atoms with Gasteiger partial charge in [0.15, 0.2) is 0 Å². The molecule has 84 valence electrons. The van der Waals surface area contributed by atoms with Gasteiger partial charge in [0.05, 0.1) is 13.7 Å². The van der Waals surface area contributed by atoms with E-state index in [1.807, 2.05) is 0 Å². The molecule has 15 heavy (non-hydrogen) atoms. The van der Waals surface area contributed by atoms with Gasteiger partial charge in [0.2, 0.25) is 5.95 Å². The van der Waals surface area contributed by atoms with Gasteiger partial charge in [-0.05, 0) is 0 Å². The van der Waals surface area contributed by atoms with E-state index in [0.29, 0.717) is 13.2 Å². The van der Waals surface area contributed by atoms with Crippen LogP contribution in [0.15, 0.2) is 0 Å². The van der Waals surface area contributed by atoms with E-state index in [2.05, 4.69) is 20.4 Å². The van der Waals surface area contributed by atoms with E-state index in [-0.39, 0.29) is 18.0 Å². The van der Waals surface area contributed by atoms with Gasteiger partial charge in [0, 0.05) is 7.11 Å². The lowest BCUT2D eigenvalue weighted by Gasteiger charge is -2.06. The first-order valence-electron chi connectivity index (χ1n) is 4.18. The second-order valence-corrected chi connectivity index (χ2v) is 2.41. The third-order valence-electron chi connectivity index (χ3n) is 1.42. The summed E-state index contributed by atoms with van der Waals surface area (Å²) in [5.41, 5.74) is 2.28. The van der Waals surface area contributed by atoms with Gasteiger partial charge in [0.1, 0.15) is 6.61 Å². The molecule has 0 bridgehead atoms. The largest absolute Gasteiger partial charge is 0.467 e. The van der Waals surface area contributed by atoms with Gasteiger partial charge in [-0.2, -0.15) is 9.97 Å². The second kappa shape index (κ2) is 5.94. The fourth-order valence-electron chi connectivity index (χ4n) is 0.775. The minimum atomic E-state index is 0.130. The molecule has 0 aliphatic carbocycles. The first kappa shape index (κ1) is 11.4. The van der Waals surface area contributed by atoms with E-state index in [4.69, 9.17) is 20.1 Å². The molecule has 8 heteroatoms. The van der Waals surface area contributed by atoms with Crippen molar-refractivity contribution in [3.05, 3.63) is 0 Å². The maximum Gasteiger partial charge on any atom is 0.324 e. The number of methoxy groups -OCH3 is 2. The Hall–Kier alpha value is -1.67. The van der Waals surface area contributed by atoms with Crippen molar-refractivity contribution in [1.29, 1.82) is 0 Å². The van der Waals surface area contributed by atoms with Crippen molar-refractivity contribution in [2.45, 2.75) is 0 Å². The molecule has 0 radical (unpaired) electrons. The molecule has 0 aliphatic rings. The predicted octanol–water partition coefficient (Wildman–Crippen LogP) is -0.809. The van der Waals surface area contributed by atoms with E-state index in [1.165, 1.54) is 7.11 Å². The summed E-state index contributed by atoms with van der Waals surface area (Å²) in [5.74, 6) is 5.33. The molecule has 0 unspecified atom stereocenters. The van der Waals surface area contributed by atoms with Gasteiger partial charge >= 0.3 is 12.0 Å². The number of rotatable bonds is 6. The van der Waals surface area contributed by atoms with Crippen LogP contribution in [0, 0.1) is 0 Å². The van der Waals surface area contributed by atoms with E-state index in [0.717, 1.165) is 0 Å². The zero-order chi connectivity index (χ0) is 11.1. The van der Waals surface area contributed by atoms with Crippen LogP contribution < -0.4 is 20.7 Å². The van der Waals surface area contributed by atoms with Crippen LogP contribution in [0.5, 0.6) is 12.0 Å². The molecule has 8 nitrogen and oxygen atoms in total. The molecule has 0 aliphatic heterocycles. The molecular weight excluding hydrogens is 202 g/mol. The molecule has 0 amide bonds. The number of nitrogens with two attached hydrogens (primary N) is 1. The number of nitrogens with zero attached hydrogens (tertiary/aromatic N) is 3. The van der Waals surface area contributed by atoms with Crippen molar-refractivity contribution in [3.8, 4) is 12.0 Å². The second-order valence-electron chi connectivity index (χ2n) is 2.41. The highest BCUT2D eigenvalue weighted by Gasteiger charge is 2.06. The maximum atomic E-state index is 5.17. The third kappa shape index (κ3) is 3.52. The number of hydrazine groups is 1. The van der Waals surface area contributed by atoms with Crippen LogP contribution in [0.3, 0.4) is 0 Å². The van der Waals surface area contributed by atoms with Gasteiger partial charge in [0.25, 0.3) is 0 Å². The molecule has 0 aromatic carbocycles. The van der Waals surface area contributed by atoms with E-state index in [9.17, 15) is 0 Å². The summed E-state index contributed by atoms with van der Waals surface area (Å²) in [6.07, 6.45) is 0. The van der Waals surface area contributed by atoms with Crippen LogP contribution in [0.2, 0.25) is 0 Å². The smallest absolute Gasteiger partial charge is 0.324 e. The topological polar surface area (TPSA) is 104 Å². The van der Waals surface area contributed by atoms with E-state index < -0.39 is 0 Å². The van der Waals surface area contributed by atoms with Crippen LogP contribution in [-0.2, 0) is 4.74 Å². The fourth-order valence-corrected chi connectivity index (χ4v) is 0.775. The Morgan fingerprint density at radius 3 is 2.47 bits per heavy atom. The lowest BCUT2D eigenvalue weighted by molar-refractivity contribution is 0.140. The van der Waals surface area contributed by atoms with Crippen molar-refractivity contribution in [1.82, 2.24) is 15.0 Å². The summed E-state index contributed by atoms with van der Waals surface area (Å²) in [5, 5.41) is 0. The molecular formula is C7H13N5O3. The maximum absolute atomic E-state index is 5.17. The Morgan fingerprint density at radius 1 is 1.13 bits per heavy atom. The number of ether oxygens (including phenoxy) is 3. The summed E-state index contributed by atoms with van der Waals surface area (Å²) < 4.78 is 14.8. The standard InChI is InChI=1S/C7H13N5O3/c1-13-3-4-15-7-10-5(12-8)9-6(11-7)14-2/h3-4,8H2,1-2H3,(H,9,10,11,12). The van der Waals surface area contributed by atoms with Crippen molar-refractivity contribution in [3.63, 3.8) is 0 Å². The summed E-state index contributed by atoms with van der Waals surface area (Å²) >= 11 is 0. The number of anilines is 1. The average Bonchev–Trinajstić information content (AvgIpc) is 2.29. The molecule has 0 spiro atoms. The van der Waals surface area contributed by atoms with Crippen molar-refractivity contribution >= 4 is 5.95 Å². The Balaban J connectivity index is 2.68. The minimum absolute atomic E-state index is 0.130. The number of nitrogens with one attached hydrogen (secondary N) is 1. The molecule has 0 fully saturated rings.